The summed E-state index contributed by atoms with van der Waals surface area (Å²) in [6.07, 6.45) is 5.02. The summed E-state index contributed by atoms with van der Waals surface area (Å²) < 4.78 is 0. The average molecular weight is 318 g/mol. The minimum absolute atomic E-state index is 0.209. The highest BCUT2D eigenvalue weighted by molar-refractivity contribution is 5.93. The second-order valence-electron chi connectivity index (χ2n) is 5.46. The molecule has 1 amide bonds. The van der Waals surface area contributed by atoms with Crippen molar-refractivity contribution in [3.63, 3.8) is 0 Å². The Bertz CT molecular complexity index is 816. The molecule has 0 fully saturated rings. The second kappa shape index (κ2) is 7.37. The summed E-state index contributed by atoms with van der Waals surface area (Å²) in [6, 6.07) is 15.4. The lowest BCUT2D eigenvalue weighted by Crippen LogP contribution is -2.23. The van der Waals surface area contributed by atoms with Crippen molar-refractivity contribution in [2.75, 3.05) is 5.32 Å². The minimum Gasteiger partial charge on any atom is -0.355 e. The van der Waals surface area contributed by atoms with Crippen molar-refractivity contribution in [2.24, 2.45) is 0 Å². The molecule has 0 radical (unpaired) electrons. The maximum absolute atomic E-state index is 12.3. The predicted molar refractivity (Wildman–Crippen MR) is 94.1 cm³/mol. The quantitative estimate of drug-likeness (QED) is 0.756. The first-order chi connectivity index (χ1) is 11.7. The van der Waals surface area contributed by atoms with Crippen LogP contribution in [0.2, 0.25) is 0 Å². The molecule has 2 aromatic heterocycles. The normalized spacial score (nSPS) is 10.2. The zero-order chi connectivity index (χ0) is 16.8. The highest BCUT2D eigenvalue weighted by Gasteiger charge is 2.08. The van der Waals surface area contributed by atoms with E-state index in [1.165, 1.54) is 5.56 Å². The van der Waals surface area contributed by atoms with Gasteiger partial charge in [0.05, 0.1) is 0 Å². The van der Waals surface area contributed by atoms with Crippen molar-refractivity contribution >= 4 is 17.3 Å². The Balaban J connectivity index is 1.65. The van der Waals surface area contributed by atoms with Crippen molar-refractivity contribution in [3.8, 4) is 0 Å². The Kier molecular flexibility index (Phi) is 4.81. The van der Waals surface area contributed by atoms with Gasteiger partial charge in [0.15, 0.2) is 0 Å². The fraction of sp³-hybridized carbons (Fsp3) is 0.105. The highest BCUT2D eigenvalue weighted by Crippen LogP contribution is 2.17. The number of nitrogens with zero attached hydrogens (tertiary/aromatic N) is 2. The van der Waals surface area contributed by atoms with E-state index in [1.54, 1.807) is 24.7 Å². The first-order valence-electron chi connectivity index (χ1n) is 7.67. The van der Waals surface area contributed by atoms with E-state index in [2.05, 4.69) is 20.6 Å². The van der Waals surface area contributed by atoms with Crippen molar-refractivity contribution in [3.05, 3.63) is 83.9 Å². The molecule has 5 nitrogen and oxygen atoms in total. The third kappa shape index (κ3) is 4.16. The molecule has 2 N–H and O–H groups in total. The number of hydrogen-bond donors (Lipinski definition) is 2. The van der Waals surface area contributed by atoms with Gasteiger partial charge >= 0.3 is 0 Å². The van der Waals surface area contributed by atoms with Crippen LogP contribution in [0.5, 0.6) is 0 Å². The Labute approximate surface area is 140 Å². The number of carbonyl (C=O) groups is 1. The van der Waals surface area contributed by atoms with Crippen LogP contribution in [0.3, 0.4) is 0 Å². The molecule has 0 bridgehead atoms. The van der Waals surface area contributed by atoms with Gasteiger partial charge in [-0.15, -0.1) is 0 Å². The molecular weight excluding hydrogens is 300 g/mol. The number of nitrogens with one attached hydrogen (secondary N) is 2. The fourth-order valence-electron chi connectivity index (χ4n) is 2.21. The molecule has 0 aliphatic carbocycles. The number of pyridine rings is 2. The van der Waals surface area contributed by atoms with Gasteiger partial charge in [-0.1, -0.05) is 17.7 Å². The first-order valence-corrected chi connectivity index (χ1v) is 7.67. The van der Waals surface area contributed by atoms with E-state index < -0.39 is 0 Å². The van der Waals surface area contributed by atoms with Gasteiger partial charge in [0.2, 0.25) is 0 Å². The van der Waals surface area contributed by atoms with Crippen LogP contribution in [0.4, 0.5) is 11.4 Å². The lowest BCUT2D eigenvalue weighted by Gasteiger charge is -2.09. The molecule has 0 aliphatic rings. The van der Waals surface area contributed by atoms with Gasteiger partial charge in [0, 0.05) is 36.5 Å². The number of anilines is 2. The molecule has 0 unspecified atom stereocenters. The molecule has 3 aromatic rings. The summed E-state index contributed by atoms with van der Waals surface area (Å²) in [4.78, 5) is 20.3. The molecule has 3 rings (SSSR count). The van der Waals surface area contributed by atoms with E-state index >= 15 is 0 Å². The number of carbonyl (C=O) groups excluding carboxylic acids is 1. The largest absolute Gasteiger partial charge is 0.355 e. The maximum atomic E-state index is 12.3. The molecule has 0 atom stereocenters. The lowest BCUT2D eigenvalue weighted by atomic mass is 10.2. The van der Waals surface area contributed by atoms with Crippen LogP contribution in [0.25, 0.3) is 0 Å². The molecule has 0 spiro atoms. The van der Waals surface area contributed by atoms with Gasteiger partial charge in [-0.3, -0.25) is 14.8 Å². The third-order valence-corrected chi connectivity index (χ3v) is 3.54. The maximum Gasteiger partial charge on any atom is 0.270 e. The van der Waals surface area contributed by atoms with Crippen LogP contribution in [-0.2, 0) is 6.54 Å². The first kappa shape index (κ1) is 15.7. The molecule has 120 valence electrons. The summed E-state index contributed by atoms with van der Waals surface area (Å²) >= 11 is 0. The van der Waals surface area contributed by atoms with Crippen LogP contribution in [-0.4, -0.2) is 15.9 Å². The van der Waals surface area contributed by atoms with Crippen molar-refractivity contribution < 1.29 is 4.79 Å². The van der Waals surface area contributed by atoms with E-state index in [4.69, 9.17) is 0 Å². The standard InChI is InChI=1S/C19H18N4O/c1-14-2-4-16(5-3-14)23-17-8-11-21-18(12-17)19(24)22-13-15-6-9-20-10-7-15/h2-12H,13H2,1H3,(H,21,23)(H,22,24). The molecule has 1 aromatic carbocycles. The molecule has 24 heavy (non-hydrogen) atoms. The topological polar surface area (TPSA) is 66.9 Å². The van der Waals surface area contributed by atoms with Gasteiger partial charge in [-0.2, -0.15) is 0 Å². The number of rotatable bonds is 5. The van der Waals surface area contributed by atoms with Crippen LogP contribution >= 0.6 is 0 Å². The van der Waals surface area contributed by atoms with Crippen molar-refractivity contribution in [2.45, 2.75) is 13.5 Å². The molecule has 0 aliphatic heterocycles. The van der Waals surface area contributed by atoms with E-state index in [9.17, 15) is 4.79 Å². The SMILES string of the molecule is Cc1ccc(Nc2ccnc(C(=O)NCc3ccncc3)c2)cc1. The van der Waals surface area contributed by atoms with E-state index in [0.717, 1.165) is 16.9 Å². The zero-order valence-electron chi connectivity index (χ0n) is 13.4. The summed E-state index contributed by atoms with van der Waals surface area (Å²) in [6.45, 7) is 2.49. The number of amides is 1. The third-order valence-electron chi connectivity index (χ3n) is 3.54. The average Bonchev–Trinajstić information content (AvgIpc) is 2.63. The minimum atomic E-state index is -0.209. The monoisotopic (exact) mass is 318 g/mol. The summed E-state index contributed by atoms with van der Waals surface area (Å²) in [5.74, 6) is -0.209. The number of benzene rings is 1. The number of aryl methyl sites for hydroxylation is 1. The molecule has 0 saturated heterocycles. The Hall–Kier alpha value is -3.21. The van der Waals surface area contributed by atoms with Crippen LogP contribution in [0.1, 0.15) is 21.6 Å². The van der Waals surface area contributed by atoms with Crippen LogP contribution in [0, 0.1) is 6.92 Å². The van der Waals surface area contributed by atoms with Gasteiger partial charge < -0.3 is 10.6 Å². The van der Waals surface area contributed by atoms with Crippen LogP contribution < -0.4 is 10.6 Å². The predicted octanol–water partition coefficient (Wildman–Crippen LogP) is 3.46. The molecule has 5 heteroatoms. The lowest BCUT2D eigenvalue weighted by molar-refractivity contribution is 0.0946. The van der Waals surface area contributed by atoms with Crippen molar-refractivity contribution in [1.82, 2.24) is 15.3 Å². The summed E-state index contributed by atoms with van der Waals surface area (Å²) in [5, 5.41) is 6.13. The Morgan fingerprint density at radius 2 is 1.71 bits per heavy atom. The van der Waals surface area contributed by atoms with E-state index in [-0.39, 0.29) is 5.91 Å². The van der Waals surface area contributed by atoms with Crippen molar-refractivity contribution in [1.29, 1.82) is 0 Å². The Morgan fingerprint density at radius 3 is 2.46 bits per heavy atom. The van der Waals surface area contributed by atoms with Gasteiger partial charge in [-0.05, 0) is 48.9 Å². The van der Waals surface area contributed by atoms with Gasteiger partial charge in [0.25, 0.3) is 5.91 Å². The zero-order valence-corrected chi connectivity index (χ0v) is 13.4. The highest BCUT2D eigenvalue weighted by atomic mass is 16.1. The van der Waals surface area contributed by atoms with E-state index in [0.29, 0.717) is 12.2 Å². The van der Waals surface area contributed by atoms with E-state index in [1.807, 2.05) is 49.4 Å². The van der Waals surface area contributed by atoms with Crippen LogP contribution in [0.15, 0.2) is 67.1 Å². The smallest absolute Gasteiger partial charge is 0.270 e. The van der Waals surface area contributed by atoms with Gasteiger partial charge in [-0.25, -0.2) is 0 Å². The molecular formula is C19H18N4O. The van der Waals surface area contributed by atoms with Gasteiger partial charge in [0.1, 0.15) is 5.69 Å². The summed E-state index contributed by atoms with van der Waals surface area (Å²) in [7, 11) is 0. The number of hydrogen-bond acceptors (Lipinski definition) is 4. The fourth-order valence-corrected chi connectivity index (χ4v) is 2.21. The second-order valence-corrected chi connectivity index (χ2v) is 5.46. The molecule has 0 saturated carbocycles. The molecule has 2 heterocycles. The summed E-state index contributed by atoms with van der Waals surface area (Å²) in [5.41, 5.74) is 4.36. The number of aromatic nitrogens is 2. The Morgan fingerprint density at radius 1 is 0.958 bits per heavy atom.